The molecule has 0 saturated carbocycles. The third kappa shape index (κ3) is 3.01. The van der Waals surface area contributed by atoms with Gasteiger partial charge in [0.1, 0.15) is 0 Å². The van der Waals surface area contributed by atoms with Crippen LogP contribution in [0.25, 0.3) is 0 Å². The summed E-state index contributed by atoms with van der Waals surface area (Å²) in [5.74, 6) is 0.190. The summed E-state index contributed by atoms with van der Waals surface area (Å²) in [7, 11) is 0. The van der Waals surface area contributed by atoms with Crippen LogP contribution < -0.4 is 10.2 Å². The van der Waals surface area contributed by atoms with Gasteiger partial charge in [0.05, 0.1) is 11.6 Å². The van der Waals surface area contributed by atoms with Crippen molar-refractivity contribution in [3.8, 4) is 0 Å². The Morgan fingerprint density at radius 1 is 1.27 bits per heavy atom. The van der Waals surface area contributed by atoms with E-state index in [1.54, 1.807) is 11.8 Å². The zero-order valence-electron chi connectivity index (χ0n) is 18.5. The van der Waals surface area contributed by atoms with Crippen molar-refractivity contribution >= 4 is 17.4 Å². The number of allylic oxidation sites excluding steroid dienone is 2. The molecule has 158 valence electrons. The van der Waals surface area contributed by atoms with Crippen molar-refractivity contribution in [1.29, 1.82) is 0 Å². The fraction of sp³-hybridized carbons (Fsp3) is 0.500. The molecule has 0 saturated heterocycles. The molecule has 1 aromatic carbocycles. The highest BCUT2D eigenvalue weighted by Crippen LogP contribution is 2.53. The number of anilines is 1. The second-order valence-corrected chi connectivity index (χ2v) is 9.23. The number of azo groups is 1. The molecule has 6 nitrogen and oxygen atoms in total. The van der Waals surface area contributed by atoms with Crippen molar-refractivity contribution in [1.82, 2.24) is 5.32 Å². The summed E-state index contributed by atoms with van der Waals surface area (Å²) >= 11 is 0. The lowest BCUT2D eigenvalue weighted by Crippen LogP contribution is -2.51. The summed E-state index contributed by atoms with van der Waals surface area (Å²) in [6.07, 6.45) is 3.62. The number of rotatable bonds is 4. The van der Waals surface area contributed by atoms with Crippen LogP contribution in [0.5, 0.6) is 0 Å². The molecule has 2 atom stereocenters. The Labute approximate surface area is 178 Å². The van der Waals surface area contributed by atoms with Crippen LogP contribution in [0.4, 0.5) is 5.69 Å². The van der Waals surface area contributed by atoms with Crippen molar-refractivity contribution in [3.63, 3.8) is 0 Å². The number of benzene rings is 1. The van der Waals surface area contributed by atoms with Gasteiger partial charge in [-0.3, -0.25) is 9.59 Å². The quantitative estimate of drug-likeness (QED) is 0.792. The summed E-state index contributed by atoms with van der Waals surface area (Å²) in [5.41, 5.74) is 4.05. The van der Waals surface area contributed by atoms with Gasteiger partial charge in [0.25, 0.3) is 0 Å². The zero-order chi connectivity index (χ0) is 21.7. The van der Waals surface area contributed by atoms with Crippen LogP contribution in [0, 0.1) is 5.41 Å². The first-order valence-electron chi connectivity index (χ1n) is 10.8. The fourth-order valence-corrected chi connectivity index (χ4v) is 5.42. The fourth-order valence-electron chi connectivity index (χ4n) is 5.42. The molecule has 0 radical (unpaired) electrons. The predicted octanol–water partition coefficient (Wildman–Crippen LogP) is 4.63. The molecular weight excluding hydrogens is 376 g/mol. The van der Waals surface area contributed by atoms with Crippen LogP contribution in [0.2, 0.25) is 0 Å². The highest BCUT2D eigenvalue weighted by Gasteiger charge is 2.53. The predicted molar refractivity (Wildman–Crippen MR) is 117 cm³/mol. The van der Waals surface area contributed by atoms with Gasteiger partial charge in [0, 0.05) is 42.4 Å². The van der Waals surface area contributed by atoms with Crippen molar-refractivity contribution in [2.45, 2.75) is 65.5 Å². The number of hydrogen-bond donors (Lipinski definition) is 1. The van der Waals surface area contributed by atoms with Gasteiger partial charge in [-0.05, 0) is 42.9 Å². The molecular formula is C24H30N4O2. The Balaban J connectivity index is 1.95. The molecule has 30 heavy (non-hydrogen) atoms. The third-order valence-corrected chi connectivity index (χ3v) is 6.66. The van der Waals surface area contributed by atoms with E-state index in [9.17, 15) is 9.59 Å². The first kappa shape index (κ1) is 20.5. The smallest absolute Gasteiger partial charge is 0.223 e. The van der Waals surface area contributed by atoms with Crippen LogP contribution in [-0.2, 0) is 15.0 Å². The van der Waals surface area contributed by atoms with E-state index < -0.39 is 5.41 Å². The SMILES string of the molecule is CCN(C(C)=O)c1cccc([C@@]2(CC)C3=CN=NC3NC3=C2C(=O)CC(C)(C)C3)c1. The van der Waals surface area contributed by atoms with Gasteiger partial charge in [-0.1, -0.05) is 32.9 Å². The number of amides is 1. The number of nitrogens with zero attached hydrogens (tertiary/aromatic N) is 3. The van der Waals surface area contributed by atoms with E-state index >= 15 is 0 Å². The number of Topliss-reactive ketones (excluding diaryl/α,β-unsaturated/α-hetero) is 1. The number of carbonyl (C=O) groups is 2. The molecule has 0 aromatic heterocycles. The molecule has 0 fully saturated rings. The Morgan fingerprint density at radius 2 is 2.03 bits per heavy atom. The summed E-state index contributed by atoms with van der Waals surface area (Å²) < 4.78 is 0. The minimum Gasteiger partial charge on any atom is -0.362 e. The average Bonchev–Trinajstić information content (AvgIpc) is 3.14. The van der Waals surface area contributed by atoms with Gasteiger partial charge in [0.15, 0.2) is 11.9 Å². The highest BCUT2D eigenvalue weighted by molar-refractivity contribution is 6.01. The van der Waals surface area contributed by atoms with E-state index in [0.717, 1.165) is 40.9 Å². The van der Waals surface area contributed by atoms with E-state index in [1.165, 1.54) is 0 Å². The first-order valence-corrected chi connectivity index (χ1v) is 10.8. The second-order valence-electron chi connectivity index (χ2n) is 9.23. The third-order valence-electron chi connectivity index (χ3n) is 6.66. The normalized spacial score (nSPS) is 26.6. The maximum atomic E-state index is 13.5. The van der Waals surface area contributed by atoms with Gasteiger partial charge in [-0.25, -0.2) is 0 Å². The van der Waals surface area contributed by atoms with Crippen molar-refractivity contribution in [3.05, 3.63) is 52.9 Å². The molecule has 2 aliphatic heterocycles. The Morgan fingerprint density at radius 3 is 2.70 bits per heavy atom. The maximum absolute atomic E-state index is 13.5. The molecule has 1 unspecified atom stereocenters. The van der Waals surface area contributed by atoms with E-state index in [0.29, 0.717) is 13.0 Å². The standard InChI is InChI=1S/C24H30N4O2/c1-6-24(16-9-8-10-17(11-16)28(7-2)15(3)29)18-14-25-27-22(18)26-19-12-23(4,5)13-20(30)21(19)24/h8-11,14,22,26H,6-7,12-13H2,1-5H3/t22?,24-/m0/s1. The monoisotopic (exact) mass is 406 g/mol. The molecule has 0 spiro atoms. The van der Waals surface area contributed by atoms with Crippen LogP contribution in [0.15, 0.2) is 57.5 Å². The Bertz CT molecular complexity index is 1000. The van der Waals surface area contributed by atoms with Gasteiger partial charge in [-0.2, -0.15) is 10.2 Å². The lowest BCUT2D eigenvalue weighted by atomic mass is 9.59. The molecule has 4 rings (SSSR count). The second kappa shape index (κ2) is 7.18. The van der Waals surface area contributed by atoms with E-state index in [-0.39, 0.29) is 23.3 Å². The number of nitrogens with one attached hydrogen (secondary N) is 1. The summed E-state index contributed by atoms with van der Waals surface area (Å²) in [6.45, 7) is 10.5. The minimum absolute atomic E-state index is 0.00358. The van der Waals surface area contributed by atoms with Crippen molar-refractivity contribution in [2.24, 2.45) is 15.6 Å². The van der Waals surface area contributed by atoms with Crippen LogP contribution in [0.3, 0.4) is 0 Å². The first-order chi connectivity index (χ1) is 14.2. The lowest BCUT2D eigenvalue weighted by molar-refractivity contribution is -0.119. The van der Waals surface area contributed by atoms with Crippen molar-refractivity contribution < 1.29 is 9.59 Å². The lowest BCUT2D eigenvalue weighted by Gasteiger charge is -2.48. The van der Waals surface area contributed by atoms with Crippen LogP contribution >= 0.6 is 0 Å². The molecule has 1 aliphatic carbocycles. The summed E-state index contributed by atoms with van der Waals surface area (Å²) in [6, 6.07) is 8.06. The largest absolute Gasteiger partial charge is 0.362 e. The molecule has 1 amide bonds. The van der Waals surface area contributed by atoms with Gasteiger partial charge in [0.2, 0.25) is 5.91 Å². The van der Waals surface area contributed by atoms with Gasteiger partial charge >= 0.3 is 0 Å². The van der Waals surface area contributed by atoms with E-state index in [4.69, 9.17) is 0 Å². The summed E-state index contributed by atoms with van der Waals surface area (Å²) in [4.78, 5) is 27.4. The molecule has 0 bridgehead atoms. The molecule has 6 heteroatoms. The van der Waals surface area contributed by atoms with Crippen molar-refractivity contribution in [2.75, 3.05) is 11.4 Å². The maximum Gasteiger partial charge on any atom is 0.223 e. The number of ketones is 1. The van der Waals surface area contributed by atoms with Crippen LogP contribution in [-0.4, -0.2) is 24.4 Å². The molecule has 1 N–H and O–H groups in total. The highest BCUT2D eigenvalue weighted by atomic mass is 16.2. The van der Waals surface area contributed by atoms with Gasteiger partial charge in [-0.15, -0.1) is 0 Å². The topological polar surface area (TPSA) is 74.1 Å². The van der Waals surface area contributed by atoms with E-state index in [1.807, 2.05) is 25.3 Å². The Hall–Kier alpha value is -2.76. The summed E-state index contributed by atoms with van der Waals surface area (Å²) in [5, 5.41) is 12.1. The average molecular weight is 407 g/mol. The molecule has 1 aromatic rings. The number of carbonyl (C=O) groups excluding carboxylic acids is 2. The molecule has 3 aliphatic rings. The van der Waals surface area contributed by atoms with Crippen LogP contribution in [0.1, 0.15) is 59.4 Å². The number of fused-ring (bicyclic) bond motifs is 1. The zero-order valence-corrected chi connectivity index (χ0v) is 18.5. The molecule has 2 heterocycles. The minimum atomic E-state index is -0.589. The van der Waals surface area contributed by atoms with Gasteiger partial charge < -0.3 is 10.2 Å². The Kier molecular flexibility index (Phi) is 4.91. The number of hydrogen-bond acceptors (Lipinski definition) is 5. The van der Waals surface area contributed by atoms with E-state index in [2.05, 4.69) is 48.4 Å².